The molecule has 0 atom stereocenters. The van der Waals surface area contributed by atoms with Crippen LogP contribution >= 0.6 is 11.6 Å². The highest BCUT2D eigenvalue weighted by atomic mass is 35.5. The van der Waals surface area contributed by atoms with Gasteiger partial charge in [-0.1, -0.05) is 29.8 Å². The SMILES string of the molecule is CNC1(C)CCN(C(=O)Cc2ccccc2Cl)CC1. The van der Waals surface area contributed by atoms with Crippen LogP contribution in [0.2, 0.25) is 5.02 Å². The number of carbonyl (C=O) groups excluding carboxylic acids is 1. The van der Waals surface area contributed by atoms with Crippen LogP contribution in [0.15, 0.2) is 24.3 Å². The van der Waals surface area contributed by atoms with E-state index < -0.39 is 0 Å². The first kappa shape index (κ1) is 14.4. The molecule has 1 N–H and O–H groups in total. The third-order valence-corrected chi connectivity index (χ3v) is 4.49. The third kappa shape index (κ3) is 3.48. The van der Waals surface area contributed by atoms with Crippen LogP contribution in [0.1, 0.15) is 25.3 Å². The number of hydrogen-bond donors (Lipinski definition) is 1. The van der Waals surface area contributed by atoms with E-state index in [1.54, 1.807) is 0 Å². The monoisotopic (exact) mass is 280 g/mol. The van der Waals surface area contributed by atoms with Gasteiger partial charge in [-0.15, -0.1) is 0 Å². The second kappa shape index (κ2) is 5.93. The van der Waals surface area contributed by atoms with E-state index in [1.165, 1.54) is 0 Å². The second-order valence-corrected chi connectivity index (χ2v) is 5.87. The molecule has 19 heavy (non-hydrogen) atoms. The summed E-state index contributed by atoms with van der Waals surface area (Å²) in [5.41, 5.74) is 1.08. The van der Waals surface area contributed by atoms with E-state index in [1.807, 2.05) is 36.2 Å². The largest absolute Gasteiger partial charge is 0.342 e. The van der Waals surface area contributed by atoms with Gasteiger partial charge in [0.25, 0.3) is 0 Å². The van der Waals surface area contributed by atoms with Crippen molar-refractivity contribution in [1.82, 2.24) is 10.2 Å². The fourth-order valence-electron chi connectivity index (χ4n) is 2.42. The Morgan fingerprint density at radius 2 is 2.00 bits per heavy atom. The molecule has 1 aliphatic rings. The van der Waals surface area contributed by atoms with Gasteiger partial charge in [-0.3, -0.25) is 4.79 Å². The van der Waals surface area contributed by atoms with Crippen LogP contribution in [-0.4, -0.2) is 36.5 Å². The summed E-state index contributed by atoms with van der Waals surface area (Å²) in [6.07, 6.45) is 2.39. The highest BCUT2D eigenvalue weighted by Gasteiger charge is 2.30. The quantitative estimate of drug-likeness (QED) is 0.923. The Balaban J connectivity index is 1.94. The van der Waals surface area contributed by atoms with E-state index in [0.29, 0.717) is 11.4 Å². The molecule has 0 spiro atoms. The Bertz CT molecular complexity index is 453. The van der Waals surface area contributed by atoms with Gasteiger partial charge in [0.05, 0.1) is 6.42 Å². The van der Waals surface area contributed by atoms with Gasteiger partial charge in [-0.2, -0.15) is 0 Å². The number of hydrogen-bond acceptors (Lipinski definition) is 2. The maximum absolute atomic E-state index is 12.3. The molecule has 1 amide bonds. The highest BCUT2D eigenvalue weighted by molar-refractivity contribution is 6.31. The fraction of sp³-hybridized carbons (Fsp3) is 0.533. The summed E-state index contributed by atoms with van der Waals surface area (Å²) in [6.45, 7) is 3.85. The molecule has 0 aromatic heterocycles. The minimum absolute atomic E-state index is 0.168. The van der Waals surface area contributed by atoms with Crippen molar-refractivity contribution < 1.29 is 4.79 Å². The number of nitrogens with zero attached hydrogens (tertiary/aromatic N) is 1. The average Bonchev–Trinajstić information content (AvgIpc) is 2.42. The molecule has 1 aliphatic heterocycles. The molecule has 1 saturated heterocycles. The van der Waals surface area contributed by atoms with Crippen molar-refractivity contribution in [3.8, 4) is 0 Å². The third-order valence-electron chi connectivity index (χ3n) is 4.12. The van der Waals surface area contributed by atoms with E-state index >= 15 is 0 Å². The summed E-state index contributed by atoms with van der Waals surface area (Å²) < 4.78 is 0. The zero-order valence-corrected chi connectivity index (χ0v) is 12.3. The molecule has 0 bridgehead atoms. The molecular formula is C15H21ClN2O. The van der Waals surface area contributed by atoms with Gasteiger partial charge < -0.3 is 10.2 Å². The van der Waals surface area contributed by atoms with Crippen LogP contribution in [0, 0.1) is 0 Å². The Morgan fingerprint density at radius 1 is 1.37 bits per heavy atom. The lowest BCUT2D eigenvalue weighted by Crippen LogP contribution is -2.51. The van der Waals surface area contributed by atoms with Crippen molar-refractivity contribution in [3.05, 3.63) is 34.9 Å². The molecule has 1 heterocycles. The minimum Gasteiger partial charge on any atom is -0.342 e. The van der Waals surface area contributed by atoms with Crippen LogP contribution in [0.4, 0.5) is 0 Å². The number of rotatable bonds is 3. The molecule has 1 fully saturated rings. The molecule has 1 aromatic rings. The number of nitrogens with one attached hydrogen (secondary N) is 1. The highest BCUT2D eigenvalue weighted by Crippen LogP contribution is 2.22. The molecule has 3 nitrogen and oxygen atoms in total. The van der Waals surface area contributed by atoms with Crippen molar-refractivity contribution in [2.75, 3.05) is 20.1 Å². The lowest BCUT2D eigenvalue weighted by atomic mass is 9.89. The van der Waals surface area contributed by atoms with Crippen LogP contribution in [0.3, 0.4) is 0 Å². The van der Waals surface area contributed by atoms with E-state index in [-0.39, 0.29) is 11.4 Å². The van der Waals surface area contributed by atoms with Gasteiger partial charge in [-0.25, -0.2) is 0 Å². The van der Waals surface area contributed by atoms with Gasteiger partial charge in [0.2, 0.25) is 5.91 Å². The van der Waals surface area contributed by atoms with Crippen molar-refractivity contribution in [2.45, 2.75) is 31.7 Å². The van der Waals surface area contributed by atoms with Crippen molar-refractivity contribution >= 4 is 17.5 Å². The predicted molar refractivity (Wildman–Crippen MR) is 78.4 cm³/mol. The molecule has 0 saturated carbocycles. The molecular weight excluding hydrogens is 260 g/mol. The second-order valence-electron chi connectivity index (χ2n) is 5.46. The summed E-state index contributed by atoms with van der Waals surface area (Å²) in [4.78, 5) is 14.2. The predicted octanol–water partition coefficient (Wildman–Crippen LogP) is 2.48. The van der Waals surface area contributed by atoms with Gasteiger partial charge in [0, 0.05) is 23.7 Å². The fourth-order valence-corrected chi connectivity index (χ4v) is 2.62. The Kier molecular flexibility index (Phi) is 4.48. The number of benzene rings is 1. The van der Waals surface area contributed by atoms with Gasteiger partial charge in [-0.05, 0) is 38.4 Å². The molecule has 1 aromatic carbocycles. The summed E-state index contributed by atoms with van der Waals surface area (Å²) >= 11 is 6.09. The zero-order valence-electron chi connectivity index (χ0n) is 11.6. The van der Waals surface area contributed by atoms with Crippen molar-refractivity contribution in [2.24, 2.45) is 0 Å². The Labute approximate surface area is 119 Å². The van der Waals surface area contributed by atoms with Gasteiger partial charge >= 0.3 is 0 Å². The van der Waals surface area contributed by atoms with Crippen LogP contribution < -0.4 is 5.32 Å². The lowest BCUT2D eigenvalue weighted by molar-refractivity contribution is -0.132. The average molecular weight is 281 g/mol. The summed E-state index contributed by atoms with van der Waals surface area (Å²) in [7, 11) is 1.99. The summed E-state index contributed by atoms with van der Waals surface area (Å²) in [5.74, 6) is 0.172. The first-order valence-electron chi connectivity index (χ1n) is 6.74. The maximum atomic E-state index is 12.3. The first-order valence-corrected chi connectivity index (χ1v) is 7.12. The number of halogens is 1. The van der Waals surface area contributed by atoms with E-state index in [0.717, 1.165) is 31.5 Å². The van der Waals surface area contributed by atoms with Gasteiger partial charge in [0.15, 0.2) is 0 Å². The van der Waals surface area contributed by atoms with Crippen LogP contribution in [0.5, 0.6) is 0 Å². The molecule has 2 rings (SSSR count). The Morgan fingerprint density at radius 3 is 2.58 bits per heavy atom. The molecule has 104 valence electrons. The van der Waals surface area contributed by atoms with Crippen molar-refractivity contribution in [3.63, 3.8) is 0 Å². The van der Waals surface area contributed by atoms with E-state index in [9.17, 15) is 4.79 Å². The minimum atomic E-state index is 0.168. The molecule has 0 unspecified atom stereocenters. The van der Waals surface area contributed by atoms with Gasteiger partial charge in [0.1, 0.15) is 0 Å². The van der Waals surface area contributed by atoms with E-state index in [4.69, 9.17) is 11.6 Å². The molecule has 0 radical (unpaired) electrons. The number of likely N-dealkylation sites (tertiary alicyclic amines) is 1. The van der Waals surface area contributed by atoms with Crippen LogP contribution in [-0.2, 0) is 11.2 Å². The van der Waals surface area contributed by atoms with Crippen molar-refractivity contribution in [1.29, 1.82) is 0 Å². The molecule has 4 heteroatoms. The maximum Gasteiger partial charge on any atom is 0.227 e. The number of piperidine rings is 1. The smallest absolute Gasteiger partial charge is 0.227 e. The topological polar surface area (TPSA) is 32.3 Å². The summed E-state index contributed by atoms with van der Waals surface area (Å²) in [6, 6.07) is 7.55. The standard InChI is InChI=1S/C15H21ClN2O/c1-15(17-2)7-9-18(10-8-15)14(19)11-12-5-3-4-6-13(12)16/h3-6,17H,7-11H2,1-2H3. The first-order chi connectivity index (χ1) is 9.04. The molecule has 0 aliphatic carbocycles. The summed E-state index contributed by atoms with van der Waals surface area (Å²) in [5, 5.41) is 4.01. The number of amides is 1. The number of carbonyl (C=O) groups is 1. The normalized spacial score (nSPS) is 18.4. The lowest BCUT2D eigenvalue weighted by Gasteiger charge is -2.39. The van der Waals surface area contributed by atoms with E-state index in [2.05, 4.69) is 12.2 Å². The Hall–Kier alpha value is -1.06. The zero-order chi connectivity index (χ0) is 13.9. The van der Waals surface area contributed by atoms with Crippen LogP contribution in [0.25, 0.3) is 0 Å².